The Morgan fingerprint density at radius 2 is 2.16 bits per heavy atom. The molecule has 0 saturated heterocycles. The van der Waals surface area contributed by atoms with Crippen LogP contribution < -0.4 is 9.47 Å². The third-order valence-electron chi connectivity index (χ3n) is 2.81. The summed E-state index contributed by atoms with van der Waals surface area (Å²) in [6.07, 6.45) is 0. The molecule has 1 aromatic carbocycles. The van der Waals surface area contributed by atoms with Gasteiger partial charge in [-0.25, -0.2) is 4.68 Å². The molecule has 0 saturated carbocycles. The molecule has 0 unspecified atom stereocenters. The third kappa shape index (κ3) is 1.99. The molecule has 1 aromatic heterocycles. The van der Waals surface area contributed by atoms with Crippen molar-refractivity contribution < 1.29 is 14.3 Å². The lowest BCUT2D eigenvalue weighted by Crippen LogP contribution is -2.19. The molecule has 0 radical (unpaired) electrons. The highest BCUT2D eigenvalue weighted by Crippen LogP contribution is 2.35. The number of aromatic nitrogens is 3. The van der Waals surface area contributed by atoms with Crippen LogP contribution in [0.5, 0.6) is 11.5 Å². The molecule has 6 nitrogen and oxygen atoms in total. The van der Waals surface area contributed by atoms with Crippen LogP contribution in [-0.4, -0.2) is 34.0 Å². The van der Waals surface area contributed by atoms with Crippen molar-refractivity contribution in [2.45, 2.75) is 0 Å². The Morgan fingerprint density at radius 1 is 1.37 bits per heavy atom. The van der Waals surface area contributed by atoms with Crippen LogP contribution in [0.3, 0.4) is 0 Å². The van der Waals surface area contributed by atoms with Gasteiger partial charge in [0.15, 0.2) is 16.1 Å². The maximum absolute atomic E-state index is 12.6. The predicted molar refractivity (Wildman–Crippen MR) is 69.6 cm³/mol. The van der Waals surface area contributed by atoms with E-state index in [0.29, 0.717) is 40.6 Å². The topological polar surface area (TPSA) is 66.2 Å². The molecule has 0 spiro atoms. The van der Waals surface area contributed by atoms with E-state index in [0.717, 1.165) is 0 Å². The third-order valence-corrected chi connectivity index (χ3v) is 3.35. The lowest BCUT2D eigenvalue weighted by molar-refractivity contribution is 0.101. The van der Waals surface area contributed by atoms with Crippen LogP contribution in [0.15, 0.2) is 22.8 Å². The largest absolute Gasteiger partial charge is 0.486 e. The molecule has 2 heterocycles. The van der Waals surface area contributed by atoms with E-state index in [2.05, 4.69) is 26.2 Å². The minimum absolute atomic E-state index is 0.207. The zero-order chi connectivity index (χ0) is 13.4. The first kappa shape index (κ1) is 12.2. The van der Waals surface area contributed by atoms with Gasteiger partial charge < -0.3 is 9.47 Å². The van der Waals surface area contributed by atoms with Gasteiger partial charge in [0.05, 0.1) is 5.56 Å². The fourth-order valence-electron chi connectivity index (χ4n) is 1.95. The number of carbonyl (C=O) groups is 1. The number of hydrogen-bond acceptors (Lipinski definition) is 5. The van der Waals surface area contributed by atoms with Gasteiger partial charge in [-0.1, -0.05) is 11.3 Å². The van der Waals surface area contributed by atoms with E-state index in [4.69, 9.17) is 9.47 Å². The lowest BCUT2D eigenvalue weighted by Gasteiger charge is -2.20. The molecule has 0 amide bonds. The molecular weight excluding hydrogens is 314 g/mol. The van der Waals surface area contributed by atoms with Crippen molar-refractivity contribution in [3.8, 4) is 11.5 Å². The molecule has 7 heteroatoms. The van der Waals surface area contributed by atoms with Crippen LogP contribution in [0.2, 0.25) is 0 Å². The van der Waals surface area contributed by atoms with E-state index in [-0.39, 0.29) is 5.78 Å². The van der Waals surface area contributed by atoms with Gasteiger partial charge in [0.25, 0.3) is 0 Å². The van der Waals surface area contributed by atoms with Crippen molar-refractivity contribution in [1.82, 2.24) is 15.0 Å². The van der Waals surface area contributed by atoms with Gasteiger partial charge in [-0.2, -0.15) is 0 Å². The number of hydrogen-bond donors (Lipinski definition) is 0. The molecule has 1 aliphatic heterocycles. The smallest absolute Gasteiger partial charge is 0.217 e. The minimum Gasteiger partial charge on any atom is -0.486 e. The van der Waals surface area contributed by atoms with Gasteiger partial charge in [0.2, 0.25) is 5.78 Å². The summed E-state index contributed by atoms with van der Waals surface area (Å²) in [5, 5.41) is 7.61. The Bertz CT molecular complexity index is 634. The summed E-state index contributed by atoms with van der Waals surface area (Å²) in [5.74, 6) is 0.858. The van der Waals surface area contributed by atoms with Crippen LogP contribution >= 0.6 is 15.9 Å². The summed E-state index contributed by atoms with van der Waals surface area (Å²) in [4.78, 5) is 12.6. The number of benzene rings is 1. The van der Waals surface area contributed by atoms with Crippen molar-refractivity contribution in [3.63, 3.8) is 0 Å². The fraction of sp³-hybridized carbons (Fsp3) is 0.250. The number of para-hydroxylation sites is 1. The van der Waals surface area contributed by atoms with Crippen LogP contribution in [-0.2, 0) is 7.05 Å². The molecule has 19 heavy (non-hydrogen) atoms. The van der Waals surface area contributed by atoms with E-state index < -0.39 is 0 Å². The maximum atomic E-state index is 12.6. The zero-order valence-electron chi connectivity index (χ0n) is 10.1. The first-order valence-corrected chi connectivity index (χ1v) is 6.46. The molecule has 1 aliphatic rings. The SMILES string of the molecule is Cn1nnc(Br)c1C(=O)c1cccc2c1OCCO2. The predicted octanol–water partition coefficient (Wildman–Crippen LogP) is 1.58. The summed E-state index contributed by atoms with van der Waals surface area (Å²) in [6.45, 7) is 0.920. The highest BCUT2D eigenvalue weighted by Gasteiger charge is 2.25. The number of carbonyl (C=O) groups excluding carboxylic acids is 1. The van der Waals surface area contributed by atoms with Crippen molar-refractivity contribution >= 4 is 21.7 Å². The summed E-state index contributed by atoms with van der Waals surface area (Å²) >= 11 is 3.22. The van der Waals surface area contributed by atoms with E-state index >= 15 is 0 Å². The van der Waals surface area contributed by atoms with Gasteiger partial charge in [-0.05, 0) is 28.1 Å². The number of rotatable bonds is 2. The Balaban J connectivity index is 2.10. The number of aryl methyl sites for hydroxylation is 1. The van der Waals surface area contributed by atoms with Crippen molar-refractivity contribution in [2.75, 3.05) is 13.2 Å². The number of ether oxygens (including phenoxy) is 2. The van der Waals surface area contributed by atoms with Gasteiger partial charge in [0.1, 0.15) is 18.9 Å². The van der Waals surface area contributed by atoms with Crippen LogP contribution in [0, 0.1) is 0 Å². The second-order valence-electron chi connectivity index (χ2n) is 4.01. The monoisotopic (exact) mass is 323 g/mol. The Kier molecular flexibility index (Phi) is 2.98. The molecule has 0 N–H and O–H groups in total. The zero-order valence-corrected chi connectivity index (χ0v) is 11.7. The number of nitrogens with zero attached hydrogens (tertiary/aromatic N) is 3. The number of fused-ring (bicyclic) bond motifs is 1. The first-order chi connectivity index (χ1) is 9.18. The second-order valence-corrected chi connectivity index (χ2v) is 4.76. The average Bonchev–Trinajstić information content (AvgIpc) is 2.77. The quantitative estimate of drug-likeness (QED) is 0.785. The molecule has 0 bridgehead atoms. The highest BCUT2D eigenvalue weighted by atomic mass is 79.9. The van der Waals surface area contributed by atoms with E-state index in [9.17, 15) is 4.79 Å². The Labute approximate surface area is 117 Å². The second kappa shape index (κ2) is 4.65. The normalized spacial score (nSPS) is 13.4. The van der Waals surface area contributed by atoms with Crippen LogP contribution in [0.1, 0.15) is 16.1 Å². The van der Waals surface area contributed by atoms with Crippen molar-refractivity contribution in [3.05, 3.63) is 34.1 Å². The van der Waals surface area contributed by atoms with Crippen LogP contribution in [0.4, 0.5) is 0 Å². The molecular formula is C12H10BrN3O3. The highest BCUT2D eigenvalue weighted by molar-refractivity contribution is 9.10. The summed E-state index contributed by atoms with van der Waals surface area (Å²) in [6, 6.07) is 5.25. The first-order valence-electron chi connectivity index (χ1n) is 5.67. The van der Waals surface area contributed by atoms with E-state index in [1.807, 2.05) is 0 Å². The lowest BCUT2D eigenvalue weighted by atomic mass is 10.1. The Morgan fingerprint density at radius 3 is 2.89 bits per heavy atom. The molecule has 0 fully saturated rings. The van der Waals surface area contributed by atoms with Crippen molar-refractivity contribution in [1.29, 1.82) is 0 Å². The number of halogens is 1. The van der Waals surface area contributed by atoms with E-state index in [1.165, 1.54) is 4.68 Å². The van der Waals surface area contributed by atoms with E-state index in [1.54, 1.807) is 25.2 Å². The van der Waals surface area contributed by atoms with Gasteiger partial charge in [-0.3, -0.25) is 4.79 Å². The molecule has 0 aliphatic carbocycles. The Hall–Kier alpha value is -1.89. The molecule has 0 atom stereocenters. The fourth-order valence-corrected chi connectivity index (χ4v) is 2.46. The minimum atomic E-state index is -0.207. The average molecular weight is 324 g/mol. The van der Waals surface area contributed by atoms with Gasteiger partial charge in [0, 0.05) is 7.05 Å². The maximum Gasteiger partial charge on any atom is 0.217 e. The summed E-state index contributed by atoms with van der Waals surface area (Å²) in [7, 11) is 1.66. The molecule has 98 valence electrons. The standard InChI is InChI=1S/C12H10BrN3O3/c1-16-9(12(13)14-15-16)10(17)7-3-2-4-8-11(7)19-6-5-18-8/h2-4H,5-6H2,1H3. The van der Waals surface area contributed by atoms with Gasteiger partial charge >= 0.3 is 0 Å². The molecule has 2 aromatic rings. The van der Waals surface area contributed by atoms with Crippen molar-refractivity contribution in [2.24, 2.45) is 7.05 Å². The van der Waals surface area contributed by atoms with Gasteiger partial charge in [-0.15, -0.1) is 5.10 Å². The number of ketones is 1. The van der Waals surface area contributed by atoms with Crippen LogP contribution in [0.25, 0.3) is 0 Å². The summed E-state index contributed by atoms with van der Waals surface area (Å²) < 4.78 is 12.8. The molecule has 3 rings (SSSR count). The summed E-state index contributed by atoms with van der Waals surface area (Å²) in [5.41, 5.74) is 0.825.